The minimum atomic E-state index is 0.612. The summed E-state index contributed by atoms with van der Waals surface area (Å²) < 4.78 is 13.7. The van der Waals surface area contributed by atoms with Gasteiger partial charge < -0.3 is 18.8 Å². The van der Waals surface area contributed by atoms with Crippen LogP contribution in [0, 0.1) is 5.92 Å². The molecule has 1 aliphatic heterocycles. The van der Waals surface area contributed by atoms with Gasteiger partial charge in [0.05, 0.1) is 24.8 Å². The highest BCUT2D eigenvalue weighted by Gasteiger charge is 2.20. The van der Waals surface area contributed by atoms with E-state index in [1.165, 1.54) is 45.3 Å². The molecule has 0 bridgehead atoms. The molecule has 4 rings (SSSR count). The largest absolute Gasteiger partial charge is 0.497 e. The van der Waals surface area contributed by atoms with Gasteiger partial charge in [0.1, 0.15) is 11.3 Å². The average Bonchev–Trinajstić information content (AvgIpc) is 3.21. The highest BCUT2D eigenvalue weighted by Crippen LogP contribution is 2.28. The monoisotopic (exact) mass is 367 g/mol. The van der Waals surface area contributed by atoms with Gasteiger partial charge in [0.2, 0.25) is 5.88 Å². The lowest BCUT2D eigenvalue weighted by atomic mass is 9.97. The molecule has 0 unspecified atom stereocenters. The molecule has 3 aromatic rings. The van der Waals surface area contributed by atoms with Gasteiger partial charge in [-0.25, -0.2) is 4.98 Å². The molecule has 0 atom stereocenters. The highest BCUT2D eigenvalue weighted by atomic mass is 16.5. The van der Waals surface area contributed by atoms with Crippen LogP contribution < -0.4 is 9.47 Å². The van der Waals surface area contributed by atoms with Crippen LogP contribution in [0.15, 0.2) is 36.5 Å². The Hall–Kier alpha value is -2.27. The third-order valence-corrected chi connectivity index (χ3v) is 5.62. The van der Waals surface area contributed by atoms with Crippen LogP contribution in [0.5, 0.6) is 11.6 Å². The first-order chi connectivity index (χ1) is 13.3. The summed E-state index contributed by atoms with van der Waals surface area (Å²) in [5.41, 5.74) is 2.97. The van der Waals surface area contributed by atoms with Gasteiger partial charge in [0, 0.05) is 12.3 Å². The Labute approximate surface area is 160 Å². The molecule has 0 amide bonds. The Morgan fingerprint density at radius 2 is 2.00 bits per heavy atom. The first-order valence-electron chi connectivity index (χ1n) is 10.1. The molecule has 144 valence electrons. The number of rotatable bonds is 7. The molecular formula is C22H29N3O2. The number of methoxy groups -OCH3 is 1. The predicted octanol–water partition coefficient (Wildman–Crippen LogP) is 4.39. The fraction of sp³-hybridized carbons (Fsp3) is 0.500. The van der Waals surface area contributed by atoms with Gasteiger partial charge in [0.15, 0.2) is 0 Å². The van der Waals surface area contributed by atoms with Crippen molar-refractivity contribution in [3.05, 3.63) is 36.5 Å². The van der Waals surface area contributed by atoms with Crippen LogP contribution >= 0.6 is 0 Å². The number of fused-ring (bicyclic) bond motifs is 3. The number of nitrogens with zero attached hydrogens (tertiary/aromatic N) is 3. The fourth-order valence-electron chi connectivity index (χ4n) is 3.92. The van der Waals surface area contributed by atoms with Crippen LogP contribution in [-0.2, 0) is 0 Å². The molecule has 0 aliphatic carbocycles. The van der Waals surface area contributed by atoms with Crippen molar-refractivity contribution in [2.24, 2.45) is 5.92 Å². The maximum absolute atomic E-state index is 6.22. The SMILES string of the molecule is CCCCN1CCC(COc2nc3cc(OC)ccc3n3cccc23)CC1. The van der Waals surface area contributed by atoms with E-state index in [0.29, 0.717) is 11.8 Å². The summed E-state index contributed by atoms with van der Waals surface area (Å²) in [6.07, 6.45) is 7.06. The minimum absolute atomic E-state index is 0.612. The number of unbranched alkanes of at least 4 members (excludes halogenated alkanes) is 1. The summed E-state index contributed by atoms with van der Waals surface area (Å²) in [4.78, 5) is 7.38. The molecule has 1 fully saturated rings. The molecule has 0 saturated carbocycles. The minimum Gasteiger partial charge on any atom is -0.497 e. The Morgan fingerprint density at radius 1 is 1.15 bits per heavy atom. The van der Waals surface area contributed by atoms with E-state index in [1.54, 1.807) is 7.11 Å². The molecule has 5 heteroatoms. The van der Waals surface area contributed by atoms with Crippen molar-refractivity contribution in [3.8, 4) is 11.6 Å². The molecule has 1 saturated heterocycles. The zero-order valence-corrected chi connectivity index (χ0v) is 16.4. The summed E-state index contributed by atoms with van der Waals surface area (Å²) >= 11 is 0. The van der Waals surface area contributed by atoms with E-state index < -0.39 is 0 Å². The lowest BCUT2D eigenvalue weighted by molar-refractivity contribution is 0.139. The molecule has 27 heavy (non-hydrogen) atoms. The number of ether oxygens (including phenoxy) is 2. The molecule has 0 radical (unpaired) electrons. The number of aromatic nitrogens is 2. The summed E-state index contributed by atoms with van der Waals surface area (Å²) in [6, 6.07) is 10.1. The van der Waals surface area contributed by atoms with E-state index in [0.717, 1.165) is 28.9 Å². The Balaban J connectivity index is 1.48. The standard InChI is InChI=1S/C22H29N3O2/c1-3-4-11-24-13-9-17(10-14-24)16-27-22-21-6-5-12-25(21)20-8-7-18(26-2)15-19(20)23-22/h5-8,12,15,17H,3-4,9-11,13-14,16H2,1-2H3. The normalized spacial score (nSPS) is 16.2. The Kier molecular flexibility index (Phi) is 5.48. The van der Waals surface area contributed by atoms with Gasteiger partial charge in [-0.05, 0) is 69.1 Å². The van der Waals surface area contributed by atoms with Gasteiger partial charge in [-0.1, -0.05) is 13.3 Å². The summed E-state index contributed by atoms with van der Waals surface area (Å²) in [6.45, 7) is 6.62. The molecule has 5 nitrogen and oxygen atoms in total. The molecule has 1 aliphatic rings. The first kappa shape index (κ1) is 18.1. The maximum Gasteiger partial charge on any atom is 0.238 e. The number of likely N-dealkylation sites (tertiary alicyclic amines) is 1. The van der Waals surface area contributed by atoms with E-state index >= 15 is 0 Å². The van der Waals surface area contributed by atoms with Crippen LogP contribution in [0.2, 0.25) is 0 Å². The predicted molar refractivity (Wildman–Crippen MR) is 109 cm³/mol. The van der Waals surface area contributed by atoms with E-state index in [4.69, 9.17) is 14.5 Å². The third-order valence-electron chi connectivity index (χ3n) is 5.62. The number of hydrogen-bond acceptors (Lipinski definition) is 4. The van der Waals surface area contributed by atoms with Crippen LogP contribution in [-0.4, -0.2) is 47.6 Å². The van der Waals surface area contributed by atoms with Crippen molar-refractivity contribution < 1.29 is 9.47 Å². The van der Waals surface area contributed by atoms with Gasteiger partial charge in [-0.15, -0.1) is 0 Å². The van der Waals surface area contributed by atoms with E-state index in [1.807, 2.05) is 24.3 Å². The molecule has 1 aromatic carbocycles. The third kappa shape index (κ3) is 3.88. The zero-order chi connectivity index (χ0) is 18.6. The van der Waals surface area contributed by atoms with Gasteiger partial charge in [-0.3, -0.25) is 0 Å². The summed E-state index contributed by atoms with van der Waals surface area (Å²) in [5, 5.41) is 0. The summed E-state index contributed by atoms with van der Waals surface area (Å²) in [5.74, 6) is 2.14. The van der Waals surface area contributed by atoms with E-state index in [-0.39, 0.29) is 0 Å². The topological polar surface area (TPSA) is 39.0 Å². The van der Waals surface area contributed by atoms with Crippen molar-refractivity contribution in [1.29, 1.82) is 0 Å². The van der Waals surface area contributed by atoms with Crippen molar-refractivity contribution in [3.63, 3.8) is 0 Å². The lowest BCUT2D eigenvalue weighted by Crippen LogP contribution is -2.36. The van der Waals surface area contributed by atoms with Gasteiger partial charge in [0.25, 0.3) is 0 Å². The number of hydrogen-bond donors (Lipinski definition) is 0. The second-order valence-corrected chi connectivity index (χ2v) is 7.48. The quantitative estimate of drug-likeness (QED) is 0.621. The summed E-state index contributed by atoms with van der Waals surface area (Å²) in [7, 11) is 1.68. The van der Waals surface area contributed by atoms with Crippen molar-refractivity contribution in [2.45, 2.75) is 32.6 Å². The van der Waals surface area contributed by atoms with Crippen LogP contribution in [0.3, 0.4) is 0 Å². The first-order valence-corrected chi connectivity index (χ1v) is 10.1. The molecular weight excluding hydrogens is 338 g/mol. The van der Waals surface area contributed by atoms with Gasteiger partial charge in [-0.2, -0.15) is 0 Å². The lowest BCUT2D eigenvalue weighted by Gasteiger charge is -2.31. The average molecular weight is 367 g/mol. The van der Waals surface area contributed by atoms with Crippen molar-refractivity contribution in [1.82, 2.24) is 14.3 Å². The second kappa shape index (κ2) is 8.17. The Morgan fingerprint density at radius 3 is 2.78 bits per heavy atom. The second-order valence-electron chi connectivity index (χ2n) is 7.48. The van der Waals surface area contributed by atoms with E-state index in [9.17, 15) is 0 Å². The maximum atomic E-state index is 6.22. The Bertz CT molecular complexity index is 897. The number of piperidine rings is 1. The highest BCUT2D eigenvalue weighted by molar-refractivity contribution is 5.82. The zero-order valence-electron chi connectivity index (χ0n) is 16.4. The van der Waals surface area contributed by atoms with Gasteiger partial charge >= 0.3 is 0 Å². The van der Waals surface area contributed by atoms with Crippen LogP contribution in [0.4, 0.5) is 0 Å². The van der Waals surface area contributed by atoms with Crippen molar-refractivity contribution >= 4 is 16.6 Å². The van der Waals surface area contributed by atoms with Crippen molar-refractivity contribution in [2.75, 3.05) is 33.4 Å². The molecule has 0 N–H and O–H groups in total. The van der Waals surface area contributed by atoms with Crippen LogP contribution in [0.1, 0.15) is 32.6 Å². The molecule has 3 heterocycles. The van der Waals surface area contributed by atoms with Crippen LogP contribution in [0.25, 0.3) is 16.6 Å². The van der Waals surface area contributed by atoms with E-state index in [2.05, 4.69) is 28.5 Å². The number of benzene rings is 1. The smallest absolute Gasteiger partial charge is 0.238 e. The fourth-order valence-corrected chi connectivity index (χ4v) is 3.92. The molecule has 0 spiro atoms. The molecule has 2 aromatic heterocycles.